The summed E-state index contributed by atoms with van der Waals surface area (Å²) in [5.41, 5.74) is 0.823. The Morgan fingerprint density at radius 1 is 1.06 bits per heavy atom. The lowest BCUT2D eigenvalue weighted by atomic mass is 9.84. The number of aromatic hydroxyl groups is 1. The van der Waals surface area contributed by atoms with Crippen molar-refractivity contribution in [1.82, 2.24) is 0 Å². The van der Waals surface area contributed by atoms with Gasteiger partial charge in [-0.05, 0) is 30.3 Å². The molecular weight excluding hydrogens is 424 g/mol. The molecular formula is C26H18O7. The first-order valence-corrected chi connectivity index (χ1v) is 10.2. The third kappa shape index (κ3) is 3.43. The Labute approximate surface area is 187 Å². The SMILES string of the molecule is COc1ccc2occ([C@H]3CC(=O)Oc4ccc(C(=O)c5ccccc5)c(O)c43)c(=O)c2c1. The highest BCUT2D eigenvalue weighted by atomic mass is 16.5. The lowest BCUT2D eigenvalue weighted by Crippen LogP contribution is -2.25. The molecule has 3 aromatic carbocycles. The van der Waals surface area contributed by atoms with Gasteiger partial charge in [0.25, 0.3) is 0 Å². The first-order valence-electron chi connectivity index (χ1n) is 10.2. The highest BCUT2D eigenvalue weighted by Crippen LogP contribution is 2.45. The molecule has 0 unspecified atom stereocenters. The molecule has 0 bridgehead atoms. The summed E-state index contributed by atoms with van der Waals surface area (Å²) in [7, 11) is 1.49. The molecule has 1 aliphatic heterocycles. The number of hydrogen-bond donors (Lipinski definition) is 1. The average Bonchev–Trinajstić information content (AvgIpc) is 2.84. The van der Waals surface area contributed by atoms with Crippen LogP contribution in [0.2, 0.25) is 0 Å². The van der Waals surface area contributed by atoms with Crippen molar-refractivity contribution in [3.63, 3.8) is 0 Å². The number of ether oxygens (including phenoxy) is 2. The van der Waals surface area contributed by atoms with E-state index in [0.717, 1.165) is 0 Å². The van der Waals surface area contributed by atoms with Crippen molar-refractivity contribution in [3.8, 4) is 17.2 Å². The van der Waals surface area contributed by atoms with E-state index in [0.29, 0.717) is 16.9 Å². The minimum atomic E-state index is -0.850. The summed E-state index contributed by atoms with van der Waals surface area (Å²) >= 11 is 0. The predicted molar refractivity (Wildman–Crippen MR) is 119 cm³/mol. The van der Waals surface area contributed by atoms with E-state index in [4.69, 9.17) is 13.9 Å². The molecule has 0 fully saturated rings. The van der Waals surface area contributed by atoms with Gasteiger partial charge in [-0.25, -0.2) is 0 Å². The van der Waals surface area contributed by atoms with E-state index in [1.54, 1.807) is 48.5 Å². The van der Waals surface area contributed by atoms with Gasteiger partial charge < -0.3 is 19.0 Å². The normalized spacial score (nSPS) is 15.1. The molecule has 1 N–H and O–H groups in total. The van der Waals surface area contributed by atoms with Crippen LogP contribution in [-0.4, -0.2) is 24.0 Å². The van der Waals surface area contributed by atoms with Crippen LogP contribution in [0, 0.1) is 0 Å². The number of carbonyl (C=O) groups is 2. The van der Waals surface area contributed by atoms with Crippen LogP contribution in [0.5, 0.6) is 17.2 Å². The standard InChI is InChI=1S/C26H18O7/c1-31-15-7-9-20-18(11-15)25(29)19(13-32-20)17-12-22(27)33-21-10-8-16(26(30)23(17)21)24(28)14-5-3-2-4-6-14/h2-11,13,17,30H,12H2,1H3/t17-/m1/s1. The van der Waals surface area contributed by atoms with Crippen LogP contribution in [0.3, 0.4) is 0 Å². The average molecular weight is 442 g/mol. The van der Waals surface area contributed by atoms with Crippen LogP contribution < -0.4 is 14.9 Å². The van der Waals surface area contributed by atoms with Gasteiger partial charge in [0.15, 0.2) is 11.2 Å². The summed E-state index contributed by atoms with van der Waals surface area (Å²) in [6.07, 6.45) is 1.10. The van der Waals surface area contributed by atoms with E-state index in [-0.39, 0.29) is 51.2 Å². The van der Waals surface area contributed by atoms with Gasteiger partial charge in [-0.1, -0.05) is 30.3 Å². The molecule has 0 aliphatic carbocycles. The number of benzene rings is 3. The molecule has 1 aromatic heterocycles. The fourth-order valence-corrected chi connectivity index (χ4v) is 4.13. The number of rotatable bonds is 4. The van der Waals surface area contributed by atoms with Crippen LogP contribution in [-0.2, 0) is 4.79 Å². The highest BCUT2D eigenvalue weighted by Gasteiger charge is 2.35. The molecule has 0 spiro atoms. The van der Waals surface area contributed by atoms with Crippen LogP contribution in [0.25, 0.3) is 11.0 Å². The van der Waals surface area contributed by atoms with Gasteiger partial charge in [0, 0.05) is 22.6 Å². The number of phenolic OH excluding ortho intramolecular Hbond substituents is 1. The van der Waals surface area contributed by atoms with Gasteiger partial charge in [-0.3, -0.25) is 14.4 Å². The molecule has 33 heavy (non-hydrogen) atoms. The zero-order valence-corrected chi connectivity index (χ0v) is 17.5. The first-order chi connectivity index (χ1) is 16.0. The van der Waals surface area contributed by atoms with Gasteiger partial charge in [0.05, 0.1) is 30.7 Å². The number of phenols is 1. The maximum Gasteiger partial charge on any atom is 0.312 e. The Morgan fingerprint density at radius 2 is 1.85 bits per heavy atom. The zero-order chi connectivity index (χ0) is 23.1. The number of ketones is 1. The fraction of sp³-hybridized carbons (Fsp3) is 0.115. The molecule has 0 radical (unpaired) electrons. The predicted octanol–water partition coefficient (Wildman–Crippen LogP) is 4.18. The number of carbonyl (C=O) groups excluding carboxylic acids is 2. The van der Waals surface area contributed by atoms with E-state index < -0.39 is 11.9 Å². The third-order valence-electron chi connectivity index (χ3n) is 5.78. The number of methoxy groups -OCH3 is 1. The van der Waals surface area contributed by atoms with Gasteiger partial charge in [0.1, 0.15) is 22.8 Å². The monoisotopic (exact) mass is 442 g/mol. The Morgan fingerprint density at radius 3 is 2.61 bits per heavy atom. The molecule has 2 heterocycles. The van der Waals surface area contributed by atoms with Crippen LogP contribution >= 0.6 is 0 Å². The maximum atomic E-state index is 13.3. The van der Waals surface area contributed by atoms with Gasteiger partial charge in [-0.15, -0.1) is 0 Å². The summed E-state index contributed by atoms with van der Waals surface area (Å²) in [6, 6.07) is 16.2. The summed E-state index contributed by atoms with van der Waals surface area (Å²) in [5, 5.41) is 11.4. The molecule has 0 saturated carbocycles. The first kappa shape index (κ1) is 20.5. The van der Waals surface area contributed by atoms with Crippen molar-refractivity contribution in [2.75, 3.05) is 7.11 Å². The summed E-state index contributed by atoms with van der Waals surface area (Å²) < 4.78 is 16.2. The molecule has 5 rings (SSSR count). The van der Waals surface area contributed by atoms with Crippen molar-refractivity contribution in [2.45, 2.75) is 12.3 Å². The zero-order valence-electron chi connectivity index (χ0n) is 17.5. The van der Waals surface area contributed by atoms with Crippen LogP contribution in [0.1, 0.15) is 39.4 Å². The Hall–Kier alpha value is -4.39. The maximum absolute atomic E-state index is 13.3. The van der Waals surface area contributed by atoms with Gasteiger partial charge in [-0.2, -0.15) is 0 Å². The summed E-state index contributed by atoms with van der Waals surface area (Å²) in [6.45, 7) is 0. The quantitative estimate of drug-likeness (QED) is 0.287. The summed E-state index contributed by atoms with van der Waals surface area (Å²) in [5.74, 6) is -1.54. The van der Waals surface area contributed by atoms with E-state index in [1.165, 1.54) is 25.5 Å². The van der Waals surface area contributed by atoms with Crippen molar-refractivity contribution < 1.29 is 28.6 Å². The lowest BCUT2D eigenvalue weighted by molar-refractivity contribution is -0.135. The number of esters is 1. The second kappa shape index (κ2) is 7.94. The largest absolute Gasteiger partial charge is 0.507 e. The van der Waals surface area contributed by atoms with Crippen LogP contribution in [0.4, 0.5) is 0 Å². The molecule has 4 aromatic rings. The molecule has 1 aliphatic rings. The molecule has 0 saturated heterocycles. The van der Waals surface area contributed by atoms with E-state index >= 15 is 0 Å². The van der Waals surface area contributed by atoms with Gasteiger partial charge >= 0.3 is 5.97 Å². The number of fused-ring (bicyclic) bond motifs is 2. The smallest absolute Gasteiger partial charge is 0.312 e. The molecule has 1 atom stereocenters. The van der Waals surface area contributed by atoms with Crippen molar-refractivity contribution >= 4 is 22.7 Å². The van der Waals surface area contributed by atoms with E-state index in [9.17, 15) is 19.5 Å². The van der Waals surface area contributed by atoms with E-state index in [2.05, 4.69) is 0 Å². The van der Waals surface area contributed by atoms with Gasteiger partial charge in [0.2, 0.25) is 0 Å². The van der Waals surface area contributed by atoms with Crippen molar-refractivity contribution in [2.24, 2.45) is 0 Å². The second-order valence-corrected chi connectivity index (χ2v) is 7.68. The van der Waals surface area contributed by atoms with Crippen molar-refractivity contribution in [1.29, 1.82) is 0 Å². The Balaban J connectivity index is 1.69. The van der Waals surface area contributed by atoms with Crippen LogP contribution in [0.15, 0.2) is 76.1 Å². The highest BCUT2D eigenvalue weighted by molar-refractivity contribution is 6.11. The lowest BCUT2D eigenvalue weighted by Gasteiger charge is -2.26. The second-order valence-electron chi connectivity index (χ2n) is 7.68. The molecule has 0 amide bonds. The summed E-state index contributed by atoms with van der Waals surface area (Å²) in [4.78, 5) is 38.7. The Bertz CT molecular complexity index is 1470. The molecule has 7 heteroatoms. The number of hydrogen-bond acceptors (Lipinski definition) is 7. The third-order valence-corrected chi connectivity index (χ3v) is 5.78. The van der Waals surface area contributed by atoms with Crippen molar-refractivity contribution in [3.05, 3.63) is 99.4 Å². The topological polar surface area (TPSA) is 103 Å². The minimum absolute atomic E-state index is 0.0507. The fourth-order valence-electron chi connectivity index (χ4n) is 4.13. The Kier molecular flexibility index (Phi) is 4.94. The minimum Gasteiger partial charge on any atom is -0.507 e. The molecule has 164 valence electrons. The van der Waals surface area contributed by atoms with E-state index in [1.807, 2.05) is 0 Å². The molecule has 7 nitrogen and oxygen atoms in total.